The number of carbonyl (C=O) groups excluding carboxylic acids is 1. The summed E-state index contributed by atoms with van der Waals surface area (Å²) < 4.78 is 0. The van der Waals surface area contributed by atoms with E-state index >= 15 is 0 Å². The Hall–Kier alpha value is -1.10. The van der Waals surface area contributed by atoms with E-state index in [1.807, 2.05) is 6.92 Å². The predicted octanol–water partition coefficient (Wildman–Crippen LogP) is 0.729. The molecule has 5 heteroatoms. The van der Waals surface area contributed by atoms with Crippen molar-refractivity contribution in [3.8, 4) is 0 Å². The Morgan fingerprint density at radius 3 is 2.56 bits per heavy atom. The molecule has 0 aliphatic heterocycles. The number of amides is 1. The first-order chi connectivity index (χ1) is 8.52. The third-order valence-electron chi connectivity index (χ3n) is 4.54. The Labute approximate surface area is 107 Å². The van der Waals surface area contributed by atoms with Crippen LogP contribution in [0.1, 0.15) is 39.0 Å². The molecule has 1 amide bonds. The summed E-state index contributed by atoms with van der Waals surface area (Å²) in [6.45, 7) is 1.88. The molecule has 0 heterocycles. The number of hydrogen-bond donors (Lipinski definition) is 3. The third-order valence-corrected chi connectivity index (χ3v) is 4.54. The predicted molar refractivity (Wildman–Crippen MR) is 66.8 cm³/mol. The fourth-order valence-corrected chi connectivity index (χ4v) is 3.53. The van der Waals surface area contributed by atoms with E-state index < -0.39 is 5.97 Å². The molecule has 0 spiro atoms. The maximum Gasteiger partial charge on any atom is 0.305 e. The van der Waals surface area contributed by atoms with Gasteiger partial charge in [0.05, 0.1) is 12.3 Å². The summed E-state index contributed by atoms with van der Waals surface area (Å²) in [6.07, 6.45) is 3.91. The molecule has 102 valence electrons. The Balaban J connectivity index is 1.93. The van der Waals surface area contributed by atoms with Gasteiger partial charge in [-0.25, -0.2) is 0 Å². The van der Waals surface area contributed by atoms with Crippen LogP contribution in [0.15, 0.2) is 0 Å². The Morgan fingerprint density at radius 2 is 2.06 bits per heavy atom. The molecule has 2 saturated carbocycles. The highest BCUT2D eigenvalue weighted by molar-refractivity contribution is 5.81. The summed E-state index contributed by atoms with van der Waals surface area (Å²) in [7, 11) is 0. The molecule has 0 saturated heterocycles. The van der Waals surface area contributed by atoms with Gasteiger partial charge in [-0.3, -0.25) is 9.59 Å². The number of nitrogens with one attached hydrogen (secondary N) is 1. The van der Waals surface area contributed by atoms with Gasteiger partial charge in [-0.1, -0.05) is 6.92 Å². The Bertz CT molecular complexity index is 343. The van der Waals surface area contributed by atoms with Crippen molar-refractivity contribution in [2.75, 3.05) is 0 Å². The summed E-state index contributed by atoms with van der Waals surface area (Å²) in [5.74, 6) is -0.119. The number of rotatable bonds is 5. The van der Waals surface area contributed by atoms with Gasteiger partial charge in [0.2, 0.25) is 5.91 Å². The largest absolute Gasteiger partial charge is 0.481 e. The van der Waals surface area contributed by atoms with E-state index in [0.29, 0.717) is 18.3 Å². The first-order valence-electron chi connectivity index (χ1n) is 6.80. The molecule has 0 radical (unpaired) electrons. The Kier molecular flexibility index (Phi) is 3.90. The number of carbonyl (C=O) groups is 2. The molecule has 2 rings (SSSR count). The fraction of sp³-hybridized carbons (Fsp3) is 0.846. The second-order valence-electron chi connectivity index (χ2n) is 5.65. The number of nitrogens with two attached hydrogens (primary N) is 1. The number of hydrogen-bond acceptors (Lipinski definition) is 3. The van der Waals surface area contributed by atoms with Crippen LogP contribution in [-0.4, -0.2) is 29.1 Å². The minimum absolute atomic E-state index is 0.0156. The highest BCUT2D eigenvalue weighted by Gasteiger charge is 2.49. The van der Waals surface area contributed by atoms with Crippen LogP contribution in [0, 0.1) is 17.8 Å². The molecule has 2 aliphatic carbocycles. The van der Waals surface area contributed by atoms with E-state index in [4.69, 9.17) is 10.8 Å². The molecule has 0 aromatic rings. The van der Waals surface area contributed by atoms with Crippen molar-refractivity contribution in [2.45, 2.75) is 51.1 Å². The van der Waals surface area contributed by atoms with Gasteiger partial charge in [0.15, 0.2) is 0 Å². The molecule has 4 N–H and O–H groups in total. The standard InChI is InChI=1S/C13H22N2O3/c1-2-9(6-10(16)17)15-13(18)11-7-3-4-8(5-7)12(11)14/h7-9,11-12H,2-6,14H2,1H3,(H,15,18)(H,16,17). The zero-order valence-corrected chi connectivity index (χ0v) is 10.8. The first-order valence-corrected chi connectivity index (χ1v) is 6.80. The Morgan fingerprint density at radius 1 is 1.39 bits per heavy atom. The SMILES string of the molecule is CCC(CC(=O)O)NC(=O)C1C2CCC(C2)C1N. The van der Waals surface area contributed by atoms with Crippen LogP contribution in [0.25, 0.3) is 0 Å². The zero-order chi connectivity index (χ0) is 13.3. The van der Waals surface area contributed by atoms with E-state index in [2.05, 4.69) is 5.32 Å². The molecule has 2 bridgehead atoms. The van der Waals surface area contributed by atoms with Crippen LogP contribution in [-0.2, 0) is 9.59 Å². The lowest BCUT2D eigenvalue weighted by atomic mass is 9.84. The average Bonchev–Trinajstić information content (AvgIpc) is 2.87. The molecule has 0 aromatic carbocycles. The molecule has 2 aliphatic rings. The number of aliphatic carboxylic acids is 1. The van der Waals surface area contributed by atoms with Gasteiger partial charge < -0.3 is 16.2 Å². The number of fused-ring (bicyclic) bond motifs is 2. The number of carboxylic acids is 1. The molecule has 2 fully saturated rings. The van der Waals surface area contributed by atoms with Crippen molar-refractivity contribution in [1.82, 2.24) is 5.32 Å². The normalized spacial score (nSPS) is 35.4. The highest BCUT2D eigenvalue weighted by Crippen LogP contribution is 2.47. The van der Waals surface area contributed by atoms with Crippen molar-refractivity contribution in [3.05, 3.63) is 0 Å². The fourth-order valence-electron chi connectivity index (χ4n) is 3.53. The van der Waals surface area contributed by atoms with E-state index in [1.165, 1.54) is 0 Å². The summed E-state index contributed by atoms with van der Waals surface area (Å²) >= 11 is 0. The molecule has 18 heavy (non-hydrogen) atoms. The van der Waals surface area contributed by atoms with Crippen molar-refractivity contribution in [3.63, 3.8) is 0 Å². The average molecular weight is 254 g/mol. The smallest absolute Gasteiger partial charge is 0.305 e. The molecular formula is C13H22N2O3. The summed E-state index contributed by atoms with van der Waals surface area (Å²) in [4.78, 5) is 22.9. The van der Waals surface area contributed by atoms with Crippen molar-refractivity contribution >= 4 is 11.9 Å². The first kappa shape index (κ1) is 13.3. The van der Waals surface area contributed by atoms with Crippen LogP contribution in [0.4, 0.5) is 0 Å². The van der Waals surface area contributed by atoms with Crippen molar-refractivity contribution in [1.29, 1.82) is 0 Å². The summed E-state index contributed by atoms with van der Waals surface area (Å²) in [5, 5.41) is 11.6. The highest BCUT2D eigenvalue weighted by atomic mass is 16.4. The minimum Gasteiger partial charge on any atom is -0.481 e. The summed E-state index contributed by atoms with van der Waals surface area (Å²) in [5.41, 5.74) is 6.11. The van der Waals surface area contributed by atoms with E-state index in [-0.39, 0.29) is 30.3 Å². The summed E-state index contributed by atoms with van der Waals surface area (Å²) in [6, 6.07) is -0.313. The lowest BCUT2D eigenvalue weighted by Crippen LogP contribution is -2.48. The van der Waals surface area contributed by atoms with Crippen LogP contribution >= 0.6 is 0 Å². The lowest BCUT2D eigenvalue weighted by Gasteiger charge is -2.28. The lowest BCUT2D eigenvalue weighted by molar-refractivity contribution is -0.138. The second kappa shape index (κ2) is 5.26. The minimum atomic E-state index is -0.876. The van der Waals surface area contributed by atoms with E-state index in [9.17, 15) is 9.59 Å². The van der Waals surface area contributed by atoms with Gasteiger partial charge in [0, 0.05) is 12.1 Å². The molecule has 5 atom stereocenters. The van der Waals surface area contributed by atoms with E-state index in [1.54, 1.807) is 0 Å². The topological polar surface area (TPSA) is 92.4 Å². The molecule has 5 unspecified atom stereocenters. The number of carboxylic acid groups (broad SMARTS) is 1. The molecule has 0 aromatic heterocycles. The maximum absolute atomic E-state index is 12.2. The van der Waals surface area contributed by atoms with Gasteiger partial charge >= 0.3 is 5.97 Å². The van der Waals surface area contributed by atoms with Crippen LogP contribution in [0.2, 0.25) is 0 Å². The van der Waals surface area contributed by atoms with Gasteiger partial charge in [-0.2, -0.15) is 0 Å². The van der Waals surface area contributed by atoms with Crippen LogP contribution in [0.5, 0.6) is 0 Å². The molecular weight excluding hydrogens is 232 g/mol. The van der Waals surface area contributed by atoms with Crippen LogP contribution in [0.3, 0.4) is 0 Å². The second-order valence-corrected chi connectivity index (χ2v) is 5.65. The van der Waals surface area contributed by atoms with Crippen LogP contribution < -0.4 is 11.1 Å². The van der Waals surface area contributed by atoms with Crippen molar-refractivity contribution in [2.24, 2.45) is 23.5 Å². The quantitative estimate of drug-likeness (QED) is 0.674. The van der Waals surface area contributed by atoms with Gasteiger partial charge in [-0.15, -0.1) is 0 Å². The monoisotopic (exact) mass is 254 g/mol. The van der Waals surface area contributed by atoms with Gasteiger partial charge in [-0.05, 0) is 37.5 Å². The maximum atomic E-state index is 12.2. The van der Waals surface area contributed by atoms with Crippen molar-refractivity contribution < 1.29 is 14.7 Å². The van der Waals surface area contributed by atoms with Gasteiger partial charge in [0.25, 0.3) is 0 Å². The molecule has 5 nitrogen and oxygen atoms in total. The third kappa shape index (κ3) is 2.51. The van der Waals surface area contributed by atoms with E-state index in [0.717, 1.165) is 19.3 Å². The van der Waals surface area contributed by atoms with Gasteiger partial charge in [0.1, 0.15) is 0 Å². The zero-order valence-electron chi connectivity index (χ0n) is 10.8.